The molecule has 3 aliphatic heterocycles. The van der Waals surface area contributed by atoms with E-state index >= 15 is 8.78 Å². The molecule has 9 nitrogen and oxygen atoms in total. The Bertz CT molecular complexity index is 2260. The fraction of sp³-hybridized carbons (Fsp3) is 0.359. The van der Waals surface area contributed by atoms with E-state index in [4.69, 9.17) is 16.1 Å². The molecule has 6 heterocycles. The van der Waals surface area contributed by atoms with E-state index in [0.717, 1.165) is 30.8 Å². The number of carbonyl (C=O) groups is 1. The maximum atomic E-state index is 17.0. The van der Waals surface area contributed by atoms with E-state index in [1.165, 1.54) is 16.2 Å². The number of carbonyl (C=O) groups excluding carboxylic acids is 1. The van der Waals surface area contributed by atoms with E-state index in [0.29, 0.717) is 58.7 Å². The van der Waals surface area contributed by atoms with Crippen molar-refractivity contribution in [3.63, 3.8) is 0 Å². The molecular formula is C39H36F3N7O2S. The first-order valence-corrected chi connectivity index (χ1v) is 18.2. The Hall–Kier alpha value is -5.06. The first-order chi connectivity index (χ1) is 25.2. The Labute approximate surface area is 303 Å². The van der Waals surface area contributed by atoms with E-state index in [1.54, 1.807) is 37.0 Å². The van der Waals surface area contributed by atoms with Crippen molar-refractivity contribution in [1.29, 1.82) is 0 Å². The molecule has 0 aliphatic carbocycles. The van der Waals surface area contributed by atoms with Crippen LogP contribution in [0.15, 0.2) is 60.0 Å². The van der Waals surface area contributed by atoms with Gasteiger partial charge in [-0.1, -0.05) is 36.3 Å². The molecule has 266 valence electrons. The third-order valence-electron chi connectivity index (χ3n) is 10.9. The monoisotopic (exact) mass is 723 g/mol. The predicted octanol–water partition coefficient (Wildman–Crippen LogP) is 6.81. The average Bonchev–Trinajstić information content (AvgIpc) is 3.95. The summed E-state index contributed by atoms with van der Waals surface area (Å²) in [6.07, 6.45) is 11.7. The number of amides is 1. The van der Waals surface area contributed by atoms with Gasteiger partial charge in [-0.3, -0.25) is 14.7 Å². The molecule has 5 aromatic rings. The number of aromatic nitrogens is 4. The maximum Gasteiger partial charge on any atom is 0.319 e. The Balaban J connectivity index is 1.19. The number of alkyl halides is 1. The predicted molar refractivity (Wildman–Crippen MR) is 196 cm³/mol. The minimum absolute atomic E-state index is 0.00128. The van der Waals surface area contributed by atoms with Crippen molar-refractivity contribution in [3.8, 4) is 29.6 Å². The summed E-state index contributed by atoms with van der Waals surface area (Å²) in [5, 5.41) is 3.99. The Kier molecular flexibility index (Phi) is 8.83. The fourth-order valence-electron chi connectivity index (χ4n) is 8.35. The summed E-state index contributed by atoms with van der Waals surface area (Å²) in [6, 6.07) is 10.3. The van der Waals surface area contributed by atoms with Crippen molar-refractivity contribution in [2.24, 2.45) is 0 Å². The Morgan fingerprint density at radius 1 is 1.21 bits per heavy atom. The van der Waals surface area contributed by atoms with Gasteiger partial charge in [0, 0.05) is 73.0 Å². The summed E-state index contributed by atoms with van der Waals surface area (Å²) in [5.41, 5.74) is 0.727. The molecular weight excluding hydrogens is 688 g/mol. The summed E-state index contributed by atoms with van der Waals surface area (Å²) in [7, 11) is 1.81. The number of ether oxygens (including phenoxy) is 1. The van der Waals surface area contributed by atoms with Crippen LogP contribution in [-0.4, -0.2) is 92.7 Å². The molecule has 3 aliphatic rings. The molecule has 52 heavy (non-hydrogen) atoms. The normalized spacial score (nSPS) is 23.3. The van der Waals surface area contributed by atoms with Gasteiger partial charge in [0.25, 0.3) is 5.91 Å². The van der Waals surface area contributed by atoms with Crippen molar-refractivity contribution >= 4 is 50.8 Å². The second kappa shape index (κ2) is 13.5. The topological polar surface area (TPSA) is 87.6 Å². The zero-order chi connectivity index (χ0) is 36.1. The molecule has 3 aromatic heterocycles. The summed E-state index contributed by atoms with van der Waals surface area (Å²) in [4.78, 5) is 36.8. The number of fused-ring (bicyclic) bond motifs is 3. The average molecular weight is 724 g/mol. The number of hydrogen-bond donors (Lipinski definition) is 0. The molecule has 13 heteroatoms. The zero-order valence-corrected chi connectivity index (χ0v) is 29.5. The summed E-state index contributed by atoms with van der Waals surface area (Å²) < 4.78 is 52.9. The number of halogens is 3. The first-order valence-electron chi connectivity index (χ1n) is 17.3. The molecule has 0 spiro atoms. The third kappa shape index (κ3) is 5.84. The van der Waals surface area contributed by atoms with Crippen molar-refractivity contribution in [2.45, 2.75) is 56.4 Å². The lowest BCUT2D eigenvalue weighted by molar-refractivity contribution is -0.129. The number of thiazole rings is 1. The standard InChI is InChI=1S/C39H36F3N7O2S/c1-4-24-8-5-9-25-10-6-11-27(32(24)25)34-33(42)35-28(20-44-34)36(46-38(45-35)51-22-39-13-7-15-48(39)21-26(40)19-39)47(3)30-12-16-49(23(30)2)37(50)29(41)18-31-43-14-17-52-31/h1,5-6,8-11,14,17-18,20,23,26,30H,7,12-13,15-16,19,21-22H2,2-3H3/b29-18-/t23?,26?,30?,39-/m0/s1. The quantitative estimate of drug-likeness (QED) is 0.128. The van der Waals surface area contributed by atoms with Gasteiger partial charge in [0.05, 0.1) is 17.0 Å². The number of anilines is 1. The molecule has 0 N–H and O–H groups in total. The molecule has 3 unspecified atom stereocenters. The van der Waals surface area contributed by atoms with E-state index in [1.807, 2.05) is 36.1 Å². The number of nitrogens with zero attached hydrogens (tertiary/aromatic N) is 7. The van der Waals surface area contributed by atoms with Gasteiger partial charge in [-0.05, 0) is 44.2 Å². The highest BCUT2D eigenvalue weighted by Crippen LogP contribution is 2.41. The number of hydrogen-bond acceptors (Lipinski definition) is 9. The number of rotatable bonds is 8. The van der Waals surface area contributed by atoms with Crippen LogP contribution in [0, 0.1) is 18.2 Å². The van der Waals surface area contributed by atoms with Crippen LogP contribution in [0.3, 0.4) is 0 Å². The van der Waals surface area contributed by atoms with Crippen LogP contribution in [0.5, 0.6) is 6.01 Å². The van der Waals surface area contributed by atoms with Crippen molar-refractivity contribution in [3.05, 3.63) is 76.4 Å². The Morgan fingerprint density at radius 3 is 2.83 bits per heavy atom. The molecule has 8 rings (SSSR count). The SMILES string of the molecule is C#Cc1cccc2cccc(-c3ncc4c(N(C)C5CCN(C(=O)/C(F)=C/c6nccs6)C5C)nc(OC[C@@]56CCCN5CC(F)C6)nc4c3F)c12. The van der Waals surface area contributed by atoms with Crippen LogP contribution < -0.4 is 9.64 Å². The molecule has 2 aromatic carbocycles. The van der Waals surface area contributed by atoms with E-state index in [-0.39, 0.29) is 29.9 Å². The molecule has 1 amide bonds. The second-order valence-corrected chi connectivity index (χ2v) is 14.7. The minimum atomic E-state index is -0.946. The fourth-order valence-corrected chi connectivity index (χ4v) is 8.90. The summed E-state index contributed by atoms with van der Waals surface area (Å²) in [5.74, 6) is 0.767. The molecule has 4 atom stereocenters. The van der Waals surface area contributed by atoms with Gasteiger partial charge in [0.1, 0.15) is 34.8 Å². The van der Waals surface area contributed by atoms with E-state index in [9.17, 15) is 9.18 Å². The number of pyridine rings is 1. The number of likely N-dealkylation sites (N-methyl/N-ethyl adjacent to an activating group) is 1. The van der Waals surface area contributed by atoms with Crippen molar-refractivity contribution in [2.75, 3.05) is 38.2 Å². The summed E-state index contributed by atoms with van der Waals surface area (Å²) >= 11 is 1.24. The third-order valence-corrected chi connectivity index (χ3v) is 11.6. The number of likely N-dealkylation sites (tertiary alicyclic amines) is 1. The Morgan fingerprint density at radius 2 is 2.04 bits per heavy atom. The van der Waals surface area contributed by atoms with Crippen LogP contribution in [0.1, 0.15) is 43.2 Å². The van der Waals surface area contributed by atoms with E-state index in [2.05, 4.69) is 25.8 Å². The molecule has 3 saturated heterocycles. The van der Waals surface area contributed by atoms with Gasteiger partial charge in [0.15, 0.2) is 11.6 Å². The first kappa shape index (κ1) is 34.0. The lowest BCUT2D eigenvalue weighted by Crippen LogP contribution is -2.44. The van der Waals surface area contributed by atoms with Crippen molar-refractivity contribution < 1.29 is 22.7 Å². The second-order valence-electron chi connectivity index (χ2n) is 13.8. The lowest BCUT2D eigenvalue weighted by atomic mass is 9.95. The van der Waals surface area contributed by atoms with Crippen LogP contribution in [0.2, 0.25) is 0 Å². The molecule has 0 saturated carbocycles. The van der Waals surface area contributed by atoms with Crippen LogP contribution in [0.4, 0.5) is 19.0 Å². The van der Waals surface area contributed by atoms with Gasteiger partial charge in [-0.15, -0.1) is 17.8 Å². The highest BCUT2D eigenvalue weighted by atomic mass is 32.1. The van der Waals surface area contributed by atoms with Crippen LogP contribution in [-0.2, 0) is 4.79 Å². The highest BCUT2D eigenvalue weighted by Gasteiger charge is 2.49. The van der Waals surface area contributed by atoms with Gasteiger partial charge < -0.3 is 14.5 Å². The van der Waals surface area contributed by atoms with Crippen LogP contribution >= 0.6 is 11.3 Å². The van der Waals surface area contributed by atoms with Gasteiger partial charge in [0.2, 0.25) is 0 Å². The van der Waals surface area contributed by atoms with Crippen LogP contribution in [0.25, 0.3) is 39.0 Å². The zero-order valence-electron chi connectivity index (χ0n) is 28.7. The number of terminal acetylenes is 1. The number of benzene rings is 2. The van der Waals surface area contributed by atoms with Gasteiger partial charge in [-0.25, -0.2) is 18.2 Å². The molecule has 3 fully saturated rings. The van der Waals surface area contributed by atoms with Crippen molar-refractivity contribution in [1.82, 2.24) is 29.7 Å². The molecule has 0 radical (unpaired) electrons. The van der Waals surface area contributed by atoms with E-state index < -0.39 is 35.3 Å². The maximum absolute atomic E-state index is 17.0. The highest BCUT2D eigenvalue weighted by molar-refractivity contribution is 7.10. The largest absolute Gasteiger partial charge is 0.461 e. The minimum Gasteiger partial charge on any atom is -0.461 e. The molecule has 0 bridgehead atoms. The smallest absolute Gasteiger partial charge is 0.319 e. The van der Waals surface area contributed by atoms with Gasteiger partial charge >= 0.3 is 6.01 Å². The van der Waals surface area contributed by atoms with Gasteiger partial charge in [-0.2, -0.15) is 9.97 Å². The lowest BCUT2D eigenvalue weighted by Gasteiger charge is -2.33. The summed E-state index contributed by atoms with van der Waals surface area (Å²) in [6.45, 7) is 3.46.